The molecule has 2 aliphatic heterocycles. The molecule has 2 fully saturated rings. The number of fused-ring (bicyclic) bond motifs is 1. The average Bonchev–Trinajstić information content (AvgIpc) is 2.74. The van der Waals surface area contributed by atoms with Gasteiger partial charge in [0.25, 0.3) is 0 Å². The van der Waals surface area contributed by atoms with Crippen molar-refractivity contribution in [3.63, 3.8) is 0 Å². The van der Waals surface area contributed by atoms with Crippen molar-refractivity contribution in [1.82, 2.24) is 0 Å². The normalized spacial score (nSPS) is 33.4. The Balaban J connectivity index is 1.90. The number of aliphatic hydroxyl groups excluding tert-OH is 1. The van der Waals surface area contributed by atoms with Crippen molar-refractivity contribution in [3.05, 3.63) is 47.5 Å². The van der Waals surface area contributed by atoms with Crippen molar-refractivity contribution >= 4 is 8.07 Å². The lowest BCUT2D eigenvalue weighted by Crippen LogP contribution is -2.57. The molecule has 0 aromatic heterocycles. The highest BCUT2D eigenvalue weighted by atomic mass is 28.3. The predicted octanol–water partition coefficient (Wildman–Crippen LogP) is 5.30. The lowest BCUT2D eigenvalue weighted by atomic mass is 9.72. The van der Waals surface area contributed by atoms with Gasteiger partial charge in [0, 0.05) is 18.1 Å². The largest absolute Gasteiger partial charge is 0.392 e. The standard InChI is InChI=1S/C25H40O5Si/c1-24(2,3)31(6,7)16-14-25(4)19(13-15-26)21-20(29-23(25)27-5)17-28-22(30-21)18-11-9-8-10-12-18/h8-13,20-23,26H,14-17H2,1-7H3/b19-13-/t20-,21+,22?,23+,25-/m1/s1. The van der Waals surface area contributed by atoms with Crippen LogP contribution in [-0.4, -0.2) is 52.0 Å². The van der Waals surface area contributed by atoms with Gasteiger partial charge in [-0.25, -0.2) is 0 Å². The summed E-state index contributed by atoms with van der Waals surface area (Å²) in [5.74, 6) is 0. The minimum atomic E-state index is -1.51. The number of hydrogen-bond donors (Lipinski definition) is 1. The van der Waals surface area contributed by atoms with E-state index in [0.717, 1.165) is 23.6 Å². The van der Waals surface area contributed by atoms with Crippen LogP contribution in [0.25, 0.3) is 0 Å². The van der Waals surface area contributed by atoms with Crippen molar-refractivity contribution in [1.29, 1.82) is 0 Å². The molecule has 1 unspecified atom stereocenters. The Morgan fingerprint density at radius 1 is 1.19 bits per heavy atom. The first-order valence-corrected chi connectivity index (χ1v) is 14.6. The van der Waals surface area contributed by atoms with Crippen molar-refractivity contribution in [2.75, 3.05) is 20.3 Å². The maximum absolute atomic E-state index is 9.90. The second-order valence-electron chi connectivity index (χ2n) is 10.8. The molecule has 2 saturated heterocycles. The molecule has 5 nitrogen and oxygen atoms in total. The first-order chi connectivity index (χ1) is 14.5. The lowest BCUT2D eigenvalue weighted by molar-refractivity contribution is -0.322. The SMILES string of the molecule is CO[C@H]1O[C@@H]2COC(c3ccccc3)O[C@H]2/C(=C/CO)[C@@]1(C)CC[Si](C)(C)C(C)(C)C. The van der Waals surface area contributed by atoms with Gasteiger partial charge in [0.05, 0.1) is 21.3 Å². The van der Waals surface area contributed by atoms with Crippen LogP contribution in [0.1, 0.15) is 46.0 Å². The molecule has 0 spiro atoms. The van der Waals surface area contributed by atoms with Crippen LogP contribution in [-0.2, 0) is 18.9 Å². The van der Waals surface area contributed by atoms with Gasteiger partial charge < -0.3 is 24.1 Å². The molecule has 2 heterocycles. The molecule has 0 bridgehead atoms. The molecule has 1 aromatic rings. The van der Waals surface area contributed by atoms with Gasteiger partial charge in [-0.3, -0.25) is 0 Å². The number of rotatable bonds is 6. The van der Waals surface area contributed by atoms with Crippen LogP contribution in [0.4, 0.5) is 0 Å². The molecule has 174 valence electrons. The highest BCUT2D eigenvalue weighted by Gasteiger charge is 2.53. The third-order valence-electron chi connectivity index (χ3n) is 7.70. The molecule has 1 aromatic carbocycles. The van der Waals surface area contributed by atoms with Crippen LogP contribution in [0.3, 0.4) is 0 Å². The third kappa shape index (κ3) is 4.99. The van der Waals surface area contributed by atoms with Crippen molar-refractivity contribution in [2.45, 2.75) is 83.1 Å². The molecule has 31 heavy (non-hydrogen) atoms. The fourth-order valence-corrected chi connectivity index (χ4v) is 6.34. The first-order valence-electron chi connectivity index (χ1n) is 11.3. The summed E-state index contributed by atoms with van der Waals surface area (Å²) in [6.07, 6.45) is 1.45. The van der Waals surface area contributed by atoms with Crippen LogP contribution in [0, 0.1) is 5.41 Å². The summed E-state index contributed by atoms with van der Waals surface area (Å²) in [6.45, 7) is 14.5. The molecule has 0 amide bonds. The van der Waals surface area contributed by atoms with E-state index < -0.39 is 20.7 Å². The van der Waals surface area contributed by atoms with Gasteiger partial charge in [-0.1, -0.05) is 83.2 Å². The number of hydrogen-bond acceptors (Lipinski definition) is 5. The van der Waals surface area contributed by atoms with E-state index in [1.54, 1.807) is 7.11 Å². The van der Waals surface area contributed by atoms with Gasteiger partial charge in [0.1, 0.15) is 12.2 Å². The zero-order chi connectivity index (χ0) is 22.9. The van der Waals surface area contributed by atoms with Crippen molar-refractivity contribution < 1.29 is 24.1 Å². The Kier molecular flexibility index (Phi) is 7.51. The fraction of sp³-hybridized carbons (Fsp3) is 0.680. The summed E-state index contributed by atoms with van der Waals surface area (Å²) in [5.41, 5.74) is 1.68. The fourth-order valence-electron chi connectivity index (χ4n) is 4.44. The van der Waals surface area contributed by atoms with E-state index in [-0.39, 0.29) is 24.2 Å². The Bertz CT molecular complexity index is 757. The molecule has 6 heteroatoms. The molecular formula is C25H40O5Si. The molecule has 5 atom stereocenters. The summed E-state index contributed by atoms with van der Waals surface area (Å²) in [7, 11) is 0.191. The Morgan fingerprint density at radius 2 is 1.87 bits per heavy atom. The lowest BCUT2D eigenvalue weighted by Gasteiger charge is -2.52. The number of aliphatic hydroxyl groups is 1. The van der Waals surface area contributed by atoms with Crippen molar-refractivity contribution in [3.8, 4) is 0 Å². The summed E-state index contributed by atoms with van der Waals surface area (Å²) >= 11 is 0. The van der Waals surface area contributed by atoms with Gasteiger partial charge in [0.15, 0.2) is 12.6 Å². The second kappa shape index (κ2) is 9.46. The monoisotopic (exact) mass is 448 g/mol. The highest BCUT2D eigenvalue weighted by Crippen LogP contribution is 2.51. The van der Waals surface area contributed by atoms with E-state index >= 15 is 0 Å². The van der Waals surface area contributed by atoms with E-state index in [1.807, 2.05) is 36.4 Å². The van der Waals surface area contributed by atoms with Gasteiger partial charge in [0.2, 0.25) is 0 Å². The molecule has 0 radical (unpaired) electrons. The maximum Gasteiger partial charge on any atom is 0.184 e. The average molecular weight is 449 g/mol. The van der Waals surface area contributed by atoms with Gasteiger partial charge >= 0.3 is 0 Å². The van der Waals surface area contributed by atoms with Gasteiger partial charge in [-0.2, -0.15) is 0 Å². The first kappa shape index (κ1) is 24.6. The minimum absolute atomic E-state index is 0.0368. The second-order valence-corrected chi connectivity index (χ2v) is 16.5. The minimum Gasteiger partial charge on any atom is -0.392 e. The maximum atomic E-state index is 9.90. The molecule has 1 N–H and O–H groups in total. The van der Waals surface area contributed by atoms with E-state index in [1.165, 1.54) is 0 Å². The molecule has 0 saturated carbocycles. The molecular weight excluding hydrogens is 408 g/mol. The van der Waals surface area contributed by atoms with Crippen molar-refractivity contribution in [2.24, 2.45) is 5.41 Å². The van der Waals surface area contributed by atoms with Crippen LogP contribution in [0.5, 0.6) is 0 Å². The summed E-state index contributed by atoms with van der Waals surface area (Å²) in [4.78, 5) is 0. The molecule has 3 rings (SSSR count). The van der Waals surface area contributed by atoms with E-state index in [2.05, 4.69) is 40.8 Å². The quantitative estimate of drug-likeness (QED) is 0.473. The number of benzene rings is 1. The Hall–Kier alpha value is -1.02. The van der Waals surface area contributed by atoms with Crippen LogP contribution >= 0.6 is 0 Å². The molecule has 0 aliphatic carbocycles. The topological polar surface area (TPSA) is 57.2 Å². The zero-order valence-electron chi connectivity index (χ0n) is 20.2. The Labute approximate surface area is 188 Å². The van der Waals surface area contributed by atoms with E-state index in [4.69, 9.17) is 18.9 Å². The van der Waals surface area contributed by atoms with Crippen LogP contribution in [0.15, 0.2) is 42.0 Å². The van der Waals surface area contributed by atoms with E-state index in [0.29, 0.717) is 11.6 Å². The summed E-state index contributed by atoms with van der Waals surface area (Å²) < 4.78 is 24.7. The summed E-state index contributed by atoms with van der Waals surface area (Å²) in [6, 6.07) is 11.1. The van der Waals surface area contributed by atoms with E-state index in [9.17, 15) is 5.11 Å². The van der Waals surface area contributed by atoms with Gasteiger partial charge in [-0.15, -0.1) is 0 Å². The Morgan fingerprint density at radius 3 is 2.45 bits per heavy atom. The van der Waals surface area contributed by atoms with Crippen LogP contribution in [0.2, 0.25) is 24.2 Å². The zero-order valence-corrected chi connectivity index (χ0v) is 21.2. The molecule has 2 aliphatic rings. The summed E-state index contributed by atoms with van der Waals surface area (Å²) in [5, 5.41) is 10.2. The number of ether oxygens (including phenoxy) is 4. The van der Waals surface area contributed by atoms with Crippen LogP contribution < -0.4 is 0 Å². The van der Waals surface area contributed by atoms with Gasteiger partial charge in [-0.05, 0) is 17.0 Å². The predicted molar refractivity (Wildman–Crippen MR) is 126 cm³/mol. The highest BCUT2D eigenvalue weighted by molar-refractivity contribution is 6.80. The number of methoxy groups -OCH3 is 1. The smallest absolute Gasteiger partial charge is 0.184 e. The third-order valence-corrected chi connectivity index (χ3v) is 13.3.